The van der Waals surface area contributed by atoms with E-state index in [2.05, 4.69) is 168 Å². The molecule has 6 rings (SSSR count). The summed E-state index contributed by atoms with van der Waals surface area (Å²) < 4.78 is 12.0. The largest absolute Gasteiger partial charge is 0.465 e. The van der Waals surface area contributed by atoms with E-state index in [1.54, 1.807) is 7.11 Å². The fraction of sp³-hybridized carbons (Fsp3) is 0.256. The second kappa shape index (κ2) is 12.8. The van der Waals surface area contributed by atoms with Crippen LogP contribution in [0.5, 0.6) is 5.75 Å². The van der Waals surface area contributed by atoms with Crippen LogP contribution in [0.15, 0.2) is 109 Å². The topological polar surface area (TPSA) is 42.5 Å². The highest BCUT2D eigenvalue weighted by Gasteiger charge is 2.23. The van der Waals surface area contributed by atoms with Crippen molar-refractivity contribution < 1.29 is 9.47 Å². The Bertz CT molecular complexity index is 2030. The highest BCUT2D eigenvalue weighted by molar-refractivity contribution is 6.11. The lowest BCUT2D eigenvalue weighted by Gasteiger charge is -2.27. The molecule has 6 aromatic rings. The third-order valence-corrected chi connectivity index (χ3v) is 8.85. The first-order chi connectivity index (χ1) is 22.4. The lowest BCUT2D eigenvalue weighted by Crippen LogP contribution is -2.16. The third-order valence-electron chi connectivity index (χ3n) is 8.85. The Kier molecular flexibility index (Phi) is 8.74. The zero-order valence-electron chi connectivity index (χ0n) is 28.9. The molecule has 6 aromatic carbocycles. The van der Waals surface area contributed by atoms with Gasteiger partial charge in [-0.25, -0.2) is 0 Å². The molecule has 0 heterocycles. The summed E-state index contributed by atoms with van der Waals surface area (Å²) >= 11 is 0. The van der Waals surface area contributed by atoms with Crippen molar-refractivity contribution in [2.45, 2.75) is 59.3 Å². The average molecular weight is 623 g/mol. The Morgan fingerprint density at radius 2 is 1.11 bits per heavy atom. The molecule has 0 unspecified atom stereocenters. The van der Waals surface area contributed by atoms with Gasteiger partial charge in [0, 0.05) is 18.4 Å². The van der Waals surface area contributed by atoms with Gasteiger partial charge in [0.25, 0.3) is 0 Å². The van der Waals surface area contributed by atoms with Crippen molar-refractivity contribution in [2.24, 2.45) is 0 Å². The molecular weight excluding hydrogens is 576 g/mol. The summed E-state index contributed by atoms with van der Waals surface area (Å²) in [7, 11) is 1.66. The fourth-order valence-corrected chi connectivity index (χ4v) is 6.22. The van der Waals surface area contributed by atoms with Gasteiger partial charge in [-0.05, 0) is 91.9 Å². The molecule has 0 aliphatic carbocycles. The molecule has 0 amide bonds. The lowest BCUT2D eigenvalue weighted by atomic mass is 9.80. The van der Waals surface area contributed by atoms with E-state index in [9.17, 15) is 0 Å². The van der Waals surface area contributed by atoms with E-state index in [0.717, 1.165) is 50.4 Å². The molecule has 0 aliphatic rings. The second-order valence-corrected chi connectivity index (χ2v) is 14.5. The van der Waals surface area contributed by atoms with Crippen LogP contribution in [0.4, 0.5) is 22.7 Å². The van der Waals surface area contributed by atoms with Crippen LogP contribution in [0.3, 0.4) is 0 Å². The second-order valence-electron chi connectivity index (χ2n) is 14.5. The van der Waals surface area contributed by atoms with Gasteiger partial charge in [0.05, 0.1) is 17.1 Å². The average Bonchev–Trinajstić information content (AvgIpc) is 3.04. The third kappa shape index (κ3) is 6.70. The normalized spacial score (nSPS) is 12.0. The molecule has 0 fully saturated rings. The van der Waals surface area contributed by atoms with Crippen molar-refractivity contribution >= 4 is 44.3 Å². The van der Waals surface area contributed by atoms with Crippen LogP contribution in [-0.4, -0.2) is 13.9 Å². The van der Waals surface area contributed by atoms with Gasteiger partial charge in [0.15, 0.2) is 12.5 Å². The summed E-state index contributed by atoms with van der Waals surface area (Å²) in [6.07, 6.45) is 0. The molecule has 47 heavy (non-hydrogen) atoms. The van der Waals surface area contributed by atoms with Gasteiger partial charge in [-0.3, -0.25) is 0 Å². The predicted molar refractivity (Wildman–Crippen MR) is 201 cm³/mol. The van der Waals surface area contributed by atoms with Crippen molar-refractivity contribution in [1.29, 1.82) is 0 Å². The molecule has 0 saturated heterocycles. The monoisotopic (exact) mass is 622 g/mol. The summed E-state index contributed by atoms with van der Waals surface area (Å²) in [6, 6.07) is 38.9. The van der Waals surface area contributed by atoms with Crippen LogP contribution in [0, 0.1) is 6.92 Å². The molecule has 0 saturated carbocycles. The minimum absolute atomic E-state index is 0.0181. The maximum absolute atomic E-state index is 6.52. The van der Waals surface area contributed by atoms with Crippen LogP contribution >= 0.6 is 0 Å². The van der Waals surface area contributed by atoms with Gasteiger partial charge >= 0.3 is 0 Å². The minimum Gasteiger partial charge on any atom is -0.465 e. The number of anilines is 4. The van der Waals surface area contributed by atoms with Crippen molar-refractivity contribution in [3.63, 3.8) is 0 Å². The van der Waals surface area contributed by atoms with Crippen LogP contribution in [0.1, 0.15) is 58.2 Å². The molecule has 0 atom stereocenters. The fourth-order valence-electron chi connectivity index (χ4n) is 6.22. The highest BCUT2D eigenvalue weighted by Crippen LogP contribution is 2.48. The number of aryl methyl sites for hydroxylation is 1. The van der Waals surface area contributed by atoms with E-state index in [0.29, 0.717) is 0 Å². The van der Waals surface area contributed by atoms with E-state index in [1.165, 1.54) is 27.5 Å². The molecule has 2 N–H and O–H groups in total. The maximum Gasteiger partial charge on any atom is 0.188 e. The molecule has 240 valence electrons. The lowest BCUT2D eigenvalue weighted by molar-refractivity contribution is 0.0521. The van der Waals surface area contributed by atoms with E-state index >= 15 is 0 Å². The highest BCUT2D eigenvalue weighted by atomic mass is 16.7. The number of ether oxygens (including phenoxy) is 2. The molecule has 4 nitrogen and oxygen atoms in total. The number of rotatable bonds is 8. The zero-order valence-corrected chi connectivity index (χ0v) is 28.9. The Morgan fingerprint density at radius 3 is 1.72 bits per heavy atom. The molecule has 0 aromatic heterocycles. The summed E-state index contributed by atoms with van der Waals surface area (Å²) in [5, 5.41) is 12.2. The summed E-state index contributed by atoms with van der Waals surface area (Å²) in [4.78, 5) is 0. The molecule has 0 spiro atoms. The quantitative estimate of drug-likeness (QED) is 0.166. The van der Waals surface area contributed by atoms with Gasteiger partial charge < -0.3 is 20.1 Å². The van der Waals surface area contributed by atoms with Gasteiger partial charge in [-0.2, -0.15) is 0 Å². The summed E-state index contributed by atoms with van der Waals surface area (Å²) in [6.45, 7) is 15.9. The van der Waals surface area contributed by atoms with Crippen molar-refractivity contribution in [2.75, 3.05) is 24.5 Å². The standard InChI is InChI=1S/C43H46N2O2/c1-28-21-22-29-15-9-11-17-34(29)39(28)40-35-18-12-10-16-30(35)23-38(41(40)47-27-46-8)45-37-20-14-13-19-36(37)44-33-25-31(42(2,3)4)24-32(26-33)43(5,6)7/h9-26,44-45H,27H2,1-8H3. The number of fused-ring (bicyclic) bond motifs is 2. The number of hydrogen-bond acceptors (Lipinski definition) is 4. The Balaban J connectivity index is 1.52. The number of benzene rings is 6. The number of para-hydroxylation sites is 2. The van der Waals surface area contributed by atoms with Crippen LogP contribution < -0.4 is 15.4 Å². The first-order valence-electron chi connectivity index (χ1n) is 16.4. The maximum atomic E-state index is 6.52. The van der Waals surface area contributed by atoms with Gasteiger partial charge in [0.1, 0.15) is 0 Å². The van der Waals surface area contributed by atoms with Gasteiger partial charge in [-0.1, -0.05) is 120 Å². The minimum atomic E-state index is 0.0181. The van der Waals surface area contributed by atoms with E-state index < -0.39 is 0 Å². The molecular formula is C43H46N2O2. The van der Waals surface area contributed by atoms with Crippen molar-refractivity contribution in [1.82, 2.24) is 0 Å². The number of nitrogens with one attached hydrogen (secondary N) is 2. The first kappa shape index (κ1) is 32.2. The zero-order chi connectivity index (χ0) is 33.3. The smallest absolute Gasteiger partial charge is 0.188 e. The number of hydrogen-bond donors (Lipinski definition) is 2. The van der Waals surface area contributed by atoms with E-state index in [-0.39, 0.29) is 17.6 Å². The van der Waals surface area contributed by atoms with Crippen LogP contribution in [0.25, 0.3) is 32.7 Å². The van der Waals surface area contributed by atoms with Gasteiger partial charge in [-0.15, -0.1) is 0 Å². The Labute approximate surface area is 279 Å². The predicted octanol–water partition coefficient (Wildman–Crippen LogP) is 12.0. The van der Waals surface area contributed by atoms with E-state index in [1.807, 2.05) is 0 Å². The summed E-state index contributed by atoms with van der Waals surface area (Å²) in [5.41, 5.74) is 9.91. The molecule has 0 aliphatic heterocycles. The molecule has 0 radical (unpaired) electrons. The van der Waals surface area contributed by atoms with Crippen LogP contribution in [-0.2, 0) is 15.6 Å². The van der Waals surface area contributed by atoms with Crippen LogP contribution in [0.2, 0.25) is 0 Å². The number of methoxy groups -OCH3 is 1. The summed E-state index contributed by atoms with van der Waals surface area (Å²) in [5.74, 6) is 0.754. The molecule has 0 bridgehead atoms. The Morgan fingerprint density at radius 1 is 0.553 bits per heavy atom. The first-order valence-corrected chi connectivity index (χ1v) is 16.4. The SMILES string of the molecule is COCOc1c(Nc2ccccc2Nc2cc(C(C)(C)C)cc(C(C)(C)C)c2)cc2ccccc2c1-c1c(C)ccc2ccccc12. The Hall–Kier alpha value is -4.80. The van der Waals surface area contributed by atoms with E-state index in [4.69, 9.17) is 9.47 Å². The van der Waals surface area contributed by atoms with Gasteiger partial charge in [0.2, 0.25) is 0 Å². The van der Waals surface area contributed by atoms with Crippen molar-refractivity contribution in [3.05, 3.63) is 126 Å². The molecule has 4 heteroatoms. The van der Waals surface area contributed by atoms with Crippen molar-refractivity contribution in [3.8, 4) is 16.9 Å².